The van der Waals surface area contributed by atoms with Gasteiger partial charge < -0.3 is 10.1 Å². The molecule has 0 spiro atoms. The zero-order chi connectivity index (χ0) is 23.6. The summed E-state index contributed by atoms with van der Waals surface area (Å²) in [4.78, 5) is 26.5. The number of thiophene rings is 1. The summed E-state index contributed by atoms with van der Waals surface area (Å²) in [6.07, 6.45) is 3.64. The van der Waals surface area contributed by atoms with Gasteiger partial charge in [-0.05, 0) is 61.6 Å². The molecule has 0 fully saturated rings. The summed E-state index contributed by atoms with van der Waals surface area (Å²) in [5.41, 5.74) is 1.71. The topological polar surface area (TPSA) is 102 Å². The molecule has 2 aromatic carbocycles. The van der Waals surface area contributed by atoms with Crippen molar-refractivity contribution in [3.8, 4) is 0 Å². The molecule has 33 heavy (non-hydrogen) atoms. The molecule has 0 saturated carbocycles. The van der Waals surface area contributed by atoms with Crippen molar-refractivity contribution in [1.82, 2.24) is 0 Å². The van der Waals surface area contributed by atoms with E-state index in [1.54, 1.807) is 18.2 Å². The number of methoxy groups -OCH3 is 1. The van der Waals surface area contributed by atoms with E-state index in [-0.39, 0.29) is 21.2 Å². The molecular formula is C23H21ClN2O5S2. The third-order valence-electron chi connectivity index (χ3n) is 5.31. The minimum Gasteiger partial charge on any atom is -0.465 e. The third kappa shape index (κ3) is 4.90. The summed E-state index contributed by atoms with van der Waals surface area (Å²) in [5, 5.41) is 3.29. The molecule has 7 nitrogen and oxygen atoms in total. The van der Waals surface area contributed by atoms with Gasteiger partial charge in [0.25, 0.3) is 15.9 Å². The van der Waals surface area contributed by atoms with Crippen LogP contribution in [0.5, 0.6) is 0 Å². The monoisotopic (exact) mass is 504 g/mol. The van der Waals surface area contributed by atoms with Crippen LogP contribution in [0.1, 0.15) is 44.0 Å². The number of sulfonamides is 1. The number of hydrogen-bond donors (Lipinski definition) is 2. The summed E-state index contributed by atoms with van der Waals surface area (Å²) >= 11 is 7.69. The maximum absolute atomic E-state index is 12.9. The maximum Gasteiger partial charge on any atom is 0.341 e. The van der Waals surface area contributed by atoms with Gasteiger partial charge in [-0.25, -0.2) is 13.2 Å². The molecule has 1 aromatic heterocycles. The Bertz CT molecular complexity index is 1320. The highest BCUT2D eigenvalue weighted by Crippen LogP contribution is 2.39. The van der Waals surface area contributed by atoms with Crippen LogP contribution in [0.3, 0.4) is 0 Å². The van der Waals surface area contributed by atoms with E-state index in [4.69, 9.17) is 16.3 Å². The van der Waals surface area contributed by atoms with Crippen LogP contribution in [-0.4, -0.2) is 27.4 Å². The van der Waals surface area contributed by atoms with Crippen molar-refractivity contribution in [3.05, 3.63) is 75.1 Å². The number of hydrogen-bond acceptors (Lipinski definition) is 6. The Hall–Kier alpha value is -2.88. The number of anilines is 2. The Balaban J connectivity index is 1.57. The number of aryl methyl sites for hydroxylation is 1. The molecule has 172 valence electrons. The van der Waals surface area contributed by atoms with Crippen LogP contribution in [-0.2, 0) is 27.6 Å². The quantitative estimate of drug-likeness (QED) is 0.454. The zero-order valence-electron chi connectivity index (χ0n) is 17.7. The van der Waals surface area contributed by atoms with Crippen molar-refractivity contribution in [2.45, 2.75) is 30.6 Å². The first-order valence-corrected chi connectivity index (χ1v) is 12.9. The zero-order valence-corrected chi connectivity index (χ0v) is 20.1. The standard InChI is InChI=1S/C23H21ClN2O5S2/c1-31-23(28)20-17-9-5-6-10-19(17)32-22(20)25-21(27)16-12-11-14(13-18(16)24)26-33(29,30)15-7-3-2-4-8-15/h2-4,7-8,11-13,26H,5-6,9-10H2,1H3,(H,25,27). The number of nitrogens with one attached hydrogen (secondary N) is 2. The Morgan fingerprint density at radius 2 is 1.79 bits per heavy atom. The van der Waals surface area contributed by atoms with Crippen LogP contribution in [0.4, 0.5) is 10.7 Å². The molecule has 4 rings (SSSR count). The number of benzene rings is 2. The molecule has 1 aliphatic rings. The average molecular weight is 505 g/mol. The molecule has 2 N–H and O–H groups in total. The van der Waals surface area contributed by atoms with Gasteiger partial charge in [0.15, 0.2) is 0 Å². The van der Waals surface area contributed by atoms with Crippen LogP contribution in [0.15, 0.2) is 53.4 Å². The van der Waals surface area contributed by atoms with Gasteiger partial charge in [-0.2, -0.15) is 0 Å². The van der Waals surface area contributed by atoms with Gasteiger partial charge in [0.05, 0.1) is 33.8 Å². The van der Waals surface area contributed by atoms with E-state index < -0.39 is 21.9 Å². The first-order valence-electron chi connectivity index (χ1n) is 10.2. The van der Waals surface area contributed by atoms with Crippen molar-refractivity contribution in [1.29, 1.82) is 0 Å². The lowest BCUT2D eigenvalue weighted by atomic mass is 9.95. The molecule has 0 bridgehead atoms. The van der Waals surface area contributed by atoms with Crippen molar-refractivity contribution in [2.24, 2.45) is 0 Å². The second-order valence-corrected chi connectivity index (χ2v) is 10.7. The lowest BCUT2D eigenvalue weighted by Crippen LogP contribution is -2.16. The largest absolute Gasteiger partial charge is 0.465 e. The fourth-order valence-electron chi connectivity index (χ4n) is 3.72. The normalized spacial score (nSPS) is 13.2. The predicted molar refractivity (Wildman–Crippen MR) is 129 cm³/mol. The SMILES string of the molecule is COC(=O)c1c(NC(=O)c2ccc(NS(=O)(=O)c3ccccc3)cc2Cl)sc2c1CCCC2. The van der Waals surface area contributed by atoms with E-state index in [0.717, 1.165) is 36.1 Å². The van der Waals surface area contributed by atoms with Crippen LogP contribution in [0.2, 0.25) is 5.02 Å². The van der Waals surface area contributed by atoms with Gasteiger partial charge in [0.2, 0.25) is 0 Å². The van der Waals surface area contributed by atoms with E-state index in [1.807, 2.05) is 0 Å². The first kappa shape index (κ1) is 23.3. The Kier molecular flexibility index (Phi) is 6.73. The minimum atomic E-state index is -3.79. The minimum absolute atomic E-state index is 0.0710. The van der Waals surface area contributed by atoms with E-state index in [1.165, 1.54) is 48.8 Å². The van der Waals surface area contributed by atoms with Crippen molar-refractivity contribution >= 4 is 55.5 Å². The summed E-state index contributed by atoms with van der Waals surface area (Å²) in [6, 6.07) is 12.2. The Morgan fingerprint density at radius 3 is 2.48 bits per heavy atom. The van der Waals surface area contributed by atoms with Crippen molar-refractivity contribution in [3.63, 3.8) is 0 Å². The molecule has 0 atom stereocenters. The van der Waals surface area contributed by atoms with Gasteiger partial charge in [0, 0.05) is 4.88 Å². The number of rotatable bonds is 6. The highest BCUT2D eigenvalue weighted by molar-refractivity contribution is 7.92. The molecular weight excluding hydrogens is 484 g/mol. The molecule has 0 radical (unpaired) electrons. The number of fused-ring (bicyclic) bond motifs is 1. The summed E-state index contributed by atoms with van der Waals surface area (Å²) in [7, 11) is -2.48. The molecule has 1 aliphatic carbocycles. The fraction of sp³-hybridized carbons (Fsp3) is 0.217. The number of halogens is 1. The highest BCUT2D eigenvalue weighted by atomic mass is 35.5. The molecule has 3 aromatic rings. The molecule has 0 aliphatic heterocycles. The fourth-order valence-corrected chi connectivity index (χ4v) is 6.33. The predicted octanol–water partition coefficient (Wildman–Crippen LogP) is 5.12. The van der Waals surface area contributed by atoms with E-state index in [0.29, 0.717) is 10.6 Å². The van der Waals surface area contributed by atoms with Gasteiger partial charge in [-0.1, -0.05) is 29.8 Å². The highest BCUT2D eigenvalue weighted by Gasteiger charge is 2.27. The van der Waals surface area contributed by atoms with Crippen molar-refractivity contribution < 1.29 is 22.7 Å². The molecule has 0 saturated heterocycles. The molecule has 10 heteroatoms. The number of carbonyl (C=O) groups excluding carboxylic acids is 2. The smallest absolute Gasteiger partial charge is 0.341 e. The lowest BCUT2D eigenvalue weighted by Gasteiger charge is -2.12. The Labute approximate surface area is 200 Å². The summed E-state index contributed by atoms with van der Waals surface area (Å²) < 4.78 is 32.4. The van der Waals surface area contributed by atoms with Crippen molar-refractivity contribution in [2.75, 3.05) is 17.1 Å². The number of esters is 1. The maximum atomic E-state index is 12.9. The second-order valence-electron chi connectivity index (χ2n) is 7.47. The average Bonchev–Trinajstić information content (AvgIpc) is 3.16. The number of carbonyl (C=O) groups is 2. The number of amides is 1. The summed E-state index contributed by atoms with van der Waals surface area (Å²) in [5.74, 6) is -0.984. The number of ether oxygens (including phenoxy) is 1. The van der Waals surface area contributed by atoms with E-state index >= 15 is 0 Å². The van der Waals surface area contributed by atoms with Crippen LogP contribution < -0.4 is 10.0 Å². The van der Waals surface area contributed by atoms with Crippen LogP contribution in [0.25, 0.3) is 0 Å². The van der Waals surface area contributed by atoms with E-state index in [9.17, 15) is 18.0 Å². The van der Waals surface area contributed by atoms with Gasteiger partial charge in [0.1, 0.15) is 5.00 Å². The molecule has 1 amide bonds. The van der Waals surface area contributed by atoms with Gasteiger partial charge in [-0.15, -0.1) is 11.3 Å². The molecule has 0 unspecified atom stereocenters. The second kappa shape index (κ2) is 9.54. The molecule has 1 heterocycles. The lowest BCUT2D eigenvalue weighted by molar-refractivity contribution is 0.0601. The summed E-state index contributed by atoms with van der Waals surface area (Å²) in [6.45, 7) is 0. The van der Waals surface area contributed by atoms with Gasteiger partial charge >= 0.3 is 5.97 Å². The van der Waals surface area contributed by atoms with E-state index in [2.05, 4.69) is 10.0 Å². The van der Waals surface area contributed by atoms with Crippen LogP contribution in [0, 0.1) is 0 Å². The van der Waals surface area contributed by atoms with Gasteiger partial charge in [-0.3, -0.25) is 9.52 Å². The first-order chi connectivity index (χ1) is 15.8. The van der Waals surface area contributed by atoms with Crippen LogP contribution >= 0.6 is 22.9 Å². The Morgan fingerprint density at radius 1 is 1.06 bits per heavy atom. The third-order valence-corrected chi connectivity index (χ3v) is 8.22.